The van der Waals surface area contributed by atoms with E-state index in [-0.39, 0.29) is 24.4 Å². The van der Waals surface area contributed by atoms with Gasteiger partial charge in [-0.3, -0.25) is 0 Å². The van der Waals surface area contributed by atoms with Crippen LogP contribution in [0.4, 0.5) is 15.8 Å². The van der Waals surface area contributed by atoms with Gasteiger partial charge in [-0.25, -0.2) is 4.39 Å². The highest BCUT2D eigenvalue weighted by atomic mass is 19.1. The number of aliphatic hydroxyl groups excluding tert-OH is 1. The number of nitrogens with zero attached hydrogens (tertiary/aromatic N) is 1. The van der Waals surface area contributed by atoms with Crippen LogP contribution in [0, 0.1) is 11.7 Å². The van der Waals surface area contributed by atoms with Gasteiger partial charge in [-0.15, -0.1) is 0 Å². The summed E-state index contributed by atoms with van der Waals surface area (Å²) in [6, 6.07) is 28.0. The molecular formula is C30H29FN2O4. The topological polar surface area (TPSA) is 72.8 Å². The van der Waals surface area contributed by atoms with Crippen LogP contribution in [-0.4, -0.2) is 22.8 Å². The maximum absolute atomic E-state index is 14.8. The van der Waals surface area contributed by atoms with Crippen LogP contribution in [0.1, 0.15) is 24.0 Å². The number of aliphatic hydroxyl groups is 1. The molecule has 0 aliphatic heterocycles. The van der Waals surface area contributed by atoms with E-state index in [1.165, 1.54) is 6.07 Å². The lowest BCUT2D eigenvalue weighted by Gasteiger charge is -2.34. The molecule has 0 radical (unpaired) electrons. The van der Waals surface area contributed by atoms with Crippen LogP contribution < -0.4 is 19.5 Å². The van der Waals surface area contributed by atoms with E-state index in [4.69, 9.17) is 19.3 Å². The Balaban J connectivity index is 1.30. The zero-order valence-corrected chi connectivity index (χ0v) is 20.3. The Morgan fingerprint density at radius 3 is 2.16 bits per heavy atom. The second-order valence-electron chi connectivity index (χ2n) is 9.08. The van der Waals surface area contributed by atoms with Gasteiger partial charge < -0.3 is 24.6 Å². The van der Waals surface area contributed by atoms with Crippen LogP contribution in [0.25, 0.3) is 0 Å². The molecular weight excluding hydrogens is 471 g/mol. The molecule has 5 rings (SSSR count). The summed E-state index contributed by atoms with van der Waals surface area (Å²) in [6.45, 7) is 0.845. The van der Waals surface area contributed by atoms with Gasteiger partial charge in [-0.1, -0.05) is 60.7 Å². The van der Waals surface area contributed by atoms with Crippen molar-refractivity contribution < 1.29 is 23.7 Å². The predicted molar refractivity (Wildman–Crippen MR) is 140 cm³/mol. The first-order chi connectivity index (χ1) is 18.2. The van der Waals surface area contributed by atoms with E-state index in [0.29, 0.717) is 36.3 Å². The summed E-state index contributed by atoms with van der Waals surface area (Å²) in [4.78, 5) is 4.57. The van der Waals surface area contributed by atoms with Gasteiger partial charge in [0.2, 0.25) is 11.8 Å². The molecule has 6 nitrogen and oxygen atoms in total. The molecule has 0 unspecified atom stereocenters. The number of hydrogen-bond acceptors (Lipinski definition) is 6. The third-order valence-electron chi connectivity index (χ3n) is 6.24. The number of nitrogens with one attached hydrogen (secondary N) is 1. The van der Waals surface area contributed by atoms with Gasteiger partial charge in [0.05, 0.1) is 6.10 Å². The summed E-state index contributed by atoms with van der Waals surface area (Å²) in [5, 5.41) is 12.4. The van der Waals surface area contributed by atoms with Crippen LogP contribution in [0.15, 0.2) is 91.0 Å². The lowest BCUT2D eigenvalue weighted by molar-refractivity contribution is 0.0301. The molecule has 0 atom stereocenters. The van der Waals surface area contributed by atoms with Gasteiger partial charge in [0.25, 0.3) is 0 Å². The summed E-state index contributed by atoms with van der Waals surface area (Å²) in [6.07, 6.45) is 1.42. The molecule has 1 heterocycles. The average molecular weight is 501 g/mol. The zero-order chi connectivity index (χ0) is 25.5. The smallest absolute Gasteiger partial charge is 0.241 e. The van der Waals surface area contributed by atoms with Crippen LogP contribution in [-0.2, 0) is 13.2 Å². The fourth-order valence-electron chi connectivity index (χ4n) is 4.10. The quantitative estimate of drug-likeness (QED) is 0.253. The van der Waals surface area contributed by atoms with Crippen molar-refractivity contribution in [2.45, 2.75) is 32.2 Å². The summed E-state index contributed by atoms with van der Waals surface area (Å²) in [5.74, 6) is 0.763. The molecule has 2 N–H and O–H groups in total. The number of pyridine rings is 1. The Morgan fingerprint density at radius 2 is 1.51 bits per heavy atom. The lowest BCUT2D eigenvalue weighted by atomic mass is 9.83. The number of aromatic nitrogens is 1. The second-order valence-corrected chi connectivity index (χ2v) is 9.08. The highest BCUT2D eigenvalue weighted by Gasteiger charge is 2.30. The first-order valence-electron chi connectivity index (χ1n) is 12.3. The maximum atomic E-state index is 14.8. The minimum absolute atomic E-state index is 0.0592. The normalized spacial score (nSPS) is 16.5. The third kappa shape index (κ3) is 6.57. The largest absolute Gasteiger partial charge is 0.487 e. The number of hydrogen-bond donors (Lipinski definition) is 2. The van der Waals surface area contributed by atoms with E-state index in [1.807, 2.05) is 60.7 Å². The summed E-state index contributed by atoms with van der Waals surface area (Å²) < 4.78 is 32.4. The van der Waals surface area contributed by atoms with E-state index in [0.717, 1.165) is 24.0 Å². The van der Waals surface area contributed by atoms with Crippen LogP contribution in [0.2, 0.25) is 0 Å². The molecule has 1 saturated carbocycles. The SMILES string of the molecule is OCC1CC(Oc2ccc(Nc3ccc(OCc4ccccc4)nc3OCc3ccccc3)cc2F)C1. The number of benzene rings is 3. The number of anilines is 2. The molecule has 37 heavy (non-hydrogen) atoms. The van der Waals surface area contributed by atoms with Crippen LogP contribution >= 0.6 is 0 Å². The minimum atomic E-state index is -0.458. The Morgan fingerprint density at radius 1 is 0.838 bits per heavy atom. The Hall–Kier alpha value is -4.10. The van der Waals surface area contributed by atoms with Crippen molar-refractivity contribution in [2.75, 3.05) is 11.9 Å². The van der Waals surface area contributed by atoms with E-state index in [1.54, 1.807) is 24.3 Å². The molecule has 0 amide bonds. The van der Waals surface area contributed by atoms with Gasteiger partial charge in [-0.2, -0.15) is 4.98 Å². The van der Waals surface area contributed by atoms with Crippen LogP contribution in [0.3, 0.4) is 0 Å². The molecule has 4 aromatic rings. The Kier molecular flexibility index (Phi) is 7.81. The van der Waals surface area contributed by atoms with Crippen molar-refractivity contribution >= 4 is 11.4 Å². The minimum Gasteiger partial charge on any atom is -0.487 e. The highest BCUT2D eigenvalue weighted by molar-refractivity contribution is 5.65. The predicted octanol–water partition coefficient (Wildman–Crippen LogP) is 6.27. The third-order valence-corrected chi connectivity index (χ3v) is 6.24. The number of rotatable bonds is 11. The number of halogens is 1. The van der Waals surface area contributed by atoms with Gasteiger partial charge in [-0.05, 0) is 48.1 Å². The van der Waals surface area contributed by atoms with Gasteiger partial charge in [0.15, 0.2) is 11.6 Å². The van der Waals surface area contributed by atoms with E-state index >= 15 is 0 Å². The van der Waals surface area contributed by atoms with E-state index < -0.39 is 5.82 Å². The standard InChI is InChI=1S/C30H29FN2O4/c31-26-17-24(11-13-28(26)37-25-15-23(16-25)18-34)32-27-12-14-29(35-19-21-7-3-1-4-8-21)33-30(27)36-20-22-9-5-2-6-10-22/h1-14,17,23,25,32,34H,15-16,18-20H2. The van der Waals surface area contributed by atoms with Crippen molar-refractivity contribution in [3.05, 3.63) is 108 Å². The molecule has 3 aromatic carbocycles. The molecule has 1 aliphatic carbocycles. The molecule has 190 valence electrons. The van der Waals surface area contributed by atoms with Crippen molar-refractivity contribution in [1.29, 1.82) is 0 Å². The van der Waals surface area contributed by atoms with Crippen LogP contribution in [0.5, 0.6) is 17.5 Å². The monoisotopic (exact) mass is 500 g/mol. The van der Waals surface area contributed by atoms with Gasteiger partial charge in [0.1, 0.15) is 18.9 Å². The second kappa shape index (κ2) is 11.8. The first kappa shape index (κ1) is 24.6. The zero-order valence-electron chi connectivity index (χ0n) is 20.3. The molecule has 0 bridgehead atoms. The summed E-state index contributed by atoms with van der Waals surface area (Å²) in [5.41, 5.74) is 3.15. The highest BCUT2D eigenvalue weighted by Crippen LogP contribution is 2.34. The van der Waals surface area contributed by atoms with Crippen molar-refractivity contribution in [3.63, 3.8) is 0 Å². The number of ether oxygens (including phenoxy) is 3. The van der Waals surface area contributed by atoms with Gasteiger partial charge in [0, 0.05) is 24.4 Å². The molecule has 1 aromatic heterocycles. The first-order valence-corrected chi connectivity index (χ1v) is 12.3. The molecule has 1 aliphatic rings. The van der Waals surface area contributed by atoms with E-state index in [2.05, 4.69) is 10.3 Å². The Labute approximate surface area is 215 Å². The molecule has 0 spiro atoms. The average Bonchev–Trinajstić information content (AvgIpc) is 2.91. The summed E-state index contributed by atoms with van der Waals surface area (Å²) >= 11 is 0. The fraction of sp³-hybridized carbons (Fsp3) is 0.233. The molecule has 1 fully saturated rings. The Bertz CT molecular complexity index is 1300. The molecule has 7 heteroatoms. The van der Waals surface area contributed by atoms with E-state index in [9.17, 15) is 4.39 Å². The fourth-order valence-corrected chi connectivity index (χ4v) is 4.10. The van der Waals surface area contributed by atoms with Crippen molar-refractivity contribution in [3.8, 4) is 17.5 Å². The van der Waals surface area contributed by atoms with Crippen molar-refractivity contribution in [1.82, 2.24) is 4.98 Å². The maximum Gasteiger partial charge on any atom is 0.241 e. The van der Waals surface area contributed by atoms with Crippen molar-refractivity contribution in [2.24, 2.45) is 5.92 Å². The van der Waals surface area contributed by atoms with Gasteiger partial charge >= 0.3 is 0 Å². The summed E-state index contributed by atoms with van der Waals surface area (Å²) in [7, 11) is 0. The molecule has 0 saturated heterocycles. The lowest BCUT2D eigenvalue weighted by Crippen LogP contribution is -2.35.